The van der Waals surface area contributed by atoms with Gasteiger partial charge in [0.2, 0.25) is 0 Å². The van der Waals surface area contributed by atoms with Gasteiger partial charge >= 0.3 is 0 Å². The number of benzene rings is 10. The molecule has 10 rings (SSSR count). The molecule has 338 valence electrons. The number of nitriles is 8. The van der Waals surface area contributed by atoms with Gasteiger partial charge in [-0.1, -0.05) is 133 Å². The van der Waals surface area contributed by atoms with Crippen LogP contribution in [0.15, 0.2) is 146 Å². The first-order valence-corrected chi connectivity index (χ1v) is 22.7. The van der Waals surface area contributed by atoms with Gasteiger partial charge in [-0.05, 0) is 123 Å². The average Bonchev–Trinajstić information content (AvgIpc) is 3.44. The van der Waals surface area contributed by atoms with Crippen molar-refractivity contribution in [3.8, 4) is 71.2 Å². The highest BCUT2D eigenvalue weighted by Crippen LogP contribution is 2.45. The SMILES string of the molecule is N#CC(C#N)=c1c2ccccc2c(=C(C#N)C#N)c2cc(/C=C/c3ccc4c(-c5c(O)ccc6cc(/C=C/c7ccc8c(=C(C#N)C#N)c9ccccc9c(=C(C#N)C#N)c8c7)ccc56)c(O)ccc4c3)ccc12. The molecule has 0 unspecified atom stereocenters. The molecule has 0 bridgehead atoms. The second kappa shape index (κ2) is 19.0. The van der Waals surface area contributed by atoms with Crippen molar-refractivity contribution in [3.05, 3.63) is 189 Å². The largest absolute Gasteiger partial charge is 0.507 e. The van der Waals surface area contributed by atoms with E-state index < -0.39 is 0 Å². The first kappa shape index (κ1) is 46.0. The Kier molecular flexibility index (Phi) is 11.8. The van der Waals surface area contributed by atoms with Crippen LogP contribution in [0.4, 0.5) is 0 Å². The normalized spacial score (nSPS) is 10.9. The van der Waals surface area contributed by atoms with Crippen LogP contribution in [0.2, 0.25) is 0 Å². The van der Waals surface area contributed by atoms with Crippen LogP contribution in [0, 0.1) is 90.6 Å². The smallest absolute Gasteiger partial charge is 0.138 e. The fraction of sp³-hybridized carbons (Fsp3) is 0. The molecular formula is C64H30N8O2. The molecule has 10 nitrogen and oxygen atoms in total. The van der Waals surface area contributed by atoms with Gasteiger partial charge in [-0.3, -0.25) is 0 Å². The van der Waals surface area contributed by atoms with Crippen molar-refractivity contribution in [1.82, 2.24) is 0 Å². The van der Waals surface area contributed by atoms with E-state index in [9.17, 15) is 52.3 Å². The Labute approximate surface area is 421 Å². The fourth-order valence-electron chi connectivity index (χ4n) is 10.0. The van der Waals surface area contributed by atoms with Crippen LogP contribution in [0.5, 0.6) is 11.5 Å². The topological polar surface area (TPSA) is 231 Å². The molecule has 0 aromatic heterocycles. The number of phenolic OH excluding ortho intramolecular Hbond substituents is 2. The molecule has 0 saturated carbocycles. The van der Waals surface area contributed by atoms with E-state index in [0.717, 1.165) is 33.0 Å². The molecule has 0 aliphatic heterocycles. The van der Waals surface area contributed by atoms with E-state index in [2.05, 4.69) is 0 Å². The summed E-state index contributed by atoms with van der Waals surface area (Å²) in [5.74, 6) is -0.0563. The Balaban J connectivity index is 1.03. The minimum absolute atomic E-state index is 0.0281. The van der Waals surface area contributed by atoms with Gasteiger partial charge in [0.15, 0.2) is 0 Å². The summed E-state index contributed by atoms with van der Waals surface area (Å²) in [6.45, 7) is 0. The van der Waals surface area contributed by atoms with Crippen LogP contribution in [0.1, 0.15) is 22.3 Å². The van der Waals surface area contributed by atoms with Gasteiger partial charge in [-0.2, -0.15) is 42.1 Å². The second-order valence-electron chi connectivity index (χ2n) is 17.1. The Morgan fingerprint density at radius 2 is 0.541 bits per heavy atom. The molecular weight excluding hydrogens is 913 g/mol. The van der Waals surface area contributed by atoms with Gasteiger partial charge in [0.05, 0.1) is 0 Å². The maximum Gasteiger partial charge on any atom is 0.138 e. The number of phenols is 2. The predicted molar refractivity (Wildman–Crippen MR) is 288 cm³/mol. The third-order valence-electron chi connectivity index (χ3n) is 13.2. The summed E-state index contributed by atoms with van der Waals surface area (Å²) in [6.07, 6.45) is 7.58. The molecule has 0 heterocycles. The highest BCUT2D eigenvalue weighted by atomic mass is 16.3. The van der Waals surface area contributed by atoms with E-state index in [4.69, 9.17) is 0 Å². The van der Waals surface area contributed by atoms with Crippen LogP contribution in [0.3, 0.4) is 0 Å². The van der Waals surface area contributed by atoms with Gasteiger partial charge in [0.1, 0.15) is 82.3 Å². The lowest BCUT2D eigenvalue weighted by atomic mass is 9.91. The molecule has 0 aliphatic carbocycles. The Morgan fingerprint density at radius 1 is 0.284 bits per heavy atom. The number of hydrogen-bond acceptors (Lipinski definition) is 10. The summed E-state index contributed by atoms with van der Waals surface area (Å²) >= 11 is 0. The van der Waals surface area contributed by atoms with Crippen molar-refractivity contribution in [2.45, 2.75) is 0 Å². The number of aromatic hydroxyl groups is 2. The maximum atomic E-state index is 11.5. The molecule has 0 atom stereocenters. The van der Waals surface area contributed by atoms with Crippen LogP contribution < -0.4 is 20.9 Å². The first-order chi connectivity index (χ1) is 36.2. The summed E-state index contributed by atoms with van der Waals surface area (Å²) in [5.41, 5.74) is 3.61. The number of fused-ring (bicyclic) bond motifs is 6. The molecule has 0 spiro atoms. The molecule has 0 aliphatic rings. The molecule has 0 amide bonds. The van der Waals surface area contributed by atoms with Crippen LogP contribution in [-0.2, 0) is 0 Å². The zero-order valence-corrected chi connectivity index (χ0v) is 38.6. The van der Waals surface area contributed by atoms with Crippen molar-refractivity contribution in [3.63, 3.8) is 0 Å². The highest BCUT2D eigenvalue weighted by Gasteiger charge is 2.19. The minimum atomic E-state index is -0.0995. The molecule has 10 aromatic carbocycles. The van der Waals surface area contributed by atoms with E-state index in [1.807, 2.05) is 134 Å². The van der Waals surface area contributed by atoms with Crippen LogP contribution in [0.25, 0.3) is 122 Å². The molecule has 2 N–H and O–H groups in total. The third kappa shape index (κ3) is 7.65. The first-order valence-electron chi connectivity index (χ1n) is 22.7. The van der Waals surface area contributed by atoms with Crippen molar-refractivity contribution in [1.29, 1.82) is 42.1 Å². The number of hydrogen-bond donors (Lipinski definition) is 2. The molecule has 10 heteroatoms. The van der Waals surface area contributed by atoms with Crippen LogP contribution >= 0.6 is 0 Å². The van der Waals surface area contributed by atoms with Gasteiger partial charge in [-0.25, -0.2) is 0 Å². The highest BCUT2D eigenvalue weighted by molar-refractivity contribution is 6.11. The van der Waals surface area contributed by atoms with Gasteiger partial charge in [0.25, 0.3) is 0 Å². The van der Waals surface area contributed by atoms with E-state index >= 15 is 0 Å². The summed E-state index contributed by atoms with van der Waals surface area (Å²) in [6, 6.07) is 59.5. The van der Waals surface area contributed by atoms with Crippen molar-refractivity contribution in [2.24, 2.45) is 0 Å². The lowest BCUT2D eigenvalue weighted by Gasteiger charge is -2.15. The van der Waals surface area contributed by atoms with Crippen molar-refractivity contribution < 1.29 is 10.2 Å². The summed E-state index contributed by atoms with van der Waals surface area (Å²) < 4.78 is 0. The van der Waals surface area contributed by atoms with E-state index in [0.29, 0.717) is 85.9 Å². The Morgan fingerprint density at radius 3 is 0.838 bits per heavy atom. The molecule has 10 aromatic rings. The van der Waals surface area contributed by atoms with E-state index in [-0.39, 0.29) is 33.8 Å². The Bertz CT molecular complexity index is 4540. The van der Waals surface area contributed by atoms with E-state index in [1.54, 1.807) is 84.9 Å². The van der Waals surface area contributed by atoms with Gasteiger partial charge < -0.3 is 10.2 Å². The third-order valence-corrected chi connectivity index (χ3v) is 13.2. The van der Waals surface area contributed by atoms with Gasteiger partial charge in [-0.15, -0.1) is 0 Å². The van der Waals surface area contributed by atoms with Gasteiger partial charge in [0, 0.05) is 32.0 Å². The van der Waals surface area contributed by atoms with E-state index in [1.165, 1.54) is 0 Å². The van der Waals surface area contributed by atoms with Crippen molar-refractivity contribution >= 4 is 111 Å². The summed E-state index contributed by atoms with van der Waals surface area (Å²) in [7, 11) is 0. The molecule has 0 fully saturated rings. The molecule has 0 saturated heterocycles. The zero-order valence-electron chi connectivity index (χ0n) is 38.6. The fourth-order valence-corrected chi connectivity index (χ4v) is 10.0. The summed E-state index contributed by atoms with van der Waals surface area (Å²) in [5, 5.41) is 112. The standard InChI is InChI=1S/C64H30N8O2/c65-29-43(30-66)59-49-5-1-3-7-51(49)61(45(33-69)34-70)55-27-39(15-21-53(55)59)11-9-37-13-19-47-41(25-37)17-23-57(73)63(47)64-48-20-14-38(26-42(48)18-24-58(64)74)10-12-40-16-22-54-56(28-40)62(46(35-71)36-72)52-8-4-2-6-50(52)60(54)44(31-67)32-68/h1-28,73-74H/b11-9+,12-10+. The minimum Gasteiger partial charge on any atom is -0.507 e. The van der Waals surface area contributed by atoms with Crippen LogP contribution in [-0.4, -0.2) is 10.2 Å². The molecule has 0 radical (unpaired) electrons. The monoisotopic (exact) mass is 942 g/mol. The maximum absolute atomic E-state index is 11.5. The lowest BCUT2D eigenvalue weighted by molar-refractivity contribution is 0.470. The number of nitrogens with zero attached hydrogens (tertiary/aromatic N) is 8. The summed E-state index contributed by atoms with van der Waals surface area (Å²) in [4.78, 5) is 0. The zero-order chi connectivity index (χ0) is 51.6. The predicted octanol–water partition coefficient (Wildman–Crippen LogP) is 10.8. The Hall–Kier alpha value is -11.8. The van der Waals surface area contributed by atoms with Crippen molar-refractivity contribution in [2.75, 3.05) is 0 Å². The molecule has 74 heavy (non-hydrogen) atoms. The second-order valence-corrected chi connectivity index (χ2v) is 17.1. The number of rotatable bonds is 5. The average molecular weight is 943 g/mol. The lowest BCUT2D eigenvalue weighted by Crippen LogP contribution is -2.18. The quantitative estimate of drug-likeness (QED) is 0.122.